The molecule has 22 heavy (non-hydrogen) atoms. The summed E-state index contributed by atoms with van der Waals surface area (Å²) in [6.07, 6.45) is 5.16. The number of hydrogen-bond acceptors (Lipinski definition) is 5. The van der Waals surface area contributed by atoms with Gasteiger partial charge < -0.3 is 0 Å². The molecule has 3 rings (SSSR count). The van der Waals surface area contributed by atoms with Crippen molar-refractivity contribution in [2.75, 3.05) is 5.43 Å². The van der Waals surface area contributed by atoms with Crippen molar-refractivity contribution >= 4 is 12.2 Å². The van der Waals surface area contributed by atoms with E-state index in [1.165, 1.54) is 6.07 Å². The van der Waals surface area contributed by atoms with Crippen molar-refractivity contribution in [3.63, 3.8) is 0 Å². The highest BCUT2D eigenvalue weighted by molar-refractivity contribution is 5.79. The Morgan fingerprint density at radius 2 is 2.14 bits per heavy atom. The Morgan fingerprint density at radius 1 is 1.32 bits per heavy atom. The van der Waals surface area contributed by atoms with E-state index in [1.807, 2.05) is 36.5 Å². The second-order valence-electron chi connectivity index (χ2n) is 4.66. The minimum atomic E-state index is -0.220. The van der Waals surface area contributed by atoms with Gasteiger partial charge in [-0.25, -0.2) is 15.1 Å². The third-order valence-electron chi connectivity index (χ3n) is 2.88. The lowest BCUT2D eigenvalue weighted by Crippen LogP contribution is -2.10. The van der Waals surface area contributed by atoms with Gasteiger partial charge in [-0.05, 0) is 19.1 Å². The summed E-state index contributed by atoms with van der Waals surface area (Å²) in [6, 6.07) is 11.2. The maximum atomic E-state index is 11.3. The lowest BCUT2D eigenvalue weighted by atomic mass is 10.3. The average Bonchev–Trinajstić information content (AvgIpc) is 2.96. The van der Waals surface area contributed by atoms with Crippen LogP contribution in [0, 0.1) is 6.92 Å². The fraction of sp³-hybridized carbons (Fsp3) is 0.0667. The number of benzene rings is 1. The van der Waals surface area contributed by atoms with Gasteiger partial charge in [-0.3, -0.25) is 9.78 Å². The second-order valence-corrected chi connectivity index (χ2v) is 4.66. The van der Waals surface area contributed by atoms with Gasteiger partial charge in [0.15, 0.2) is 0 Å². The van der Waals surface area contributed by atoms with Crippen LogP contribution in [0.2, 0.25) is 0 Å². The van der Waals surface area contributed by atoms with E-state index < -0.39 is 0 Å². The van der Waals surface area contributed by atoms with Crippen LogP contribution in [0.4, 0.5) is 5.95 Å². The van der Waals surface area contributed by atoms with Crippen molar-refractivity contribution in [1.82, 2.24) is 19.7 Å². The van der Waals surface area contributed by atoms with Gasteiger partial charge in [-0.15, -0.1) is 0 Å². The molecule has 0 atom stereocenters. The number of anilines is 1. The summed E-state index contributed by atoms with van der Waals surface area (Å²) in [7, 11) is 0. The molecule has 0 unspecified atom stereocenters. The third kappa shape index (κ3) is 3.26. The van der Waals surface area contributed by atoms with E-state index in [-0.39, 0.29) is 5.56 Å². The highest BCUT2D eigenvalue weighted by Gasteiger charge is 1.99. The van der Waals surface area contributed by atoms with Gasteiger partial charge in [-0.1, -0.05) is 18.2 Å². The van der Waals surface area contributed by atoms with Gasteiger partial charge >= 0.3 is 0 Å². The van der Waals surface area contributed by atoms with Gasteiger partial charge in [0.1, 0.15) is 0 Å². The summed E-state index contributed by atoms with van der Waals surface area (Å²) in [5, 5.41) is 8.30. The molecule has 1 aromatic carbocycles. The standard InChI is InChI=1S/C15H14N6O/c1-11-7-14(22)19-15(18-11)20-16-8-12-9-17-21(10-12)13-5-3-2-4-6-13/h2-10H,1H3,(H2,18,19,20,22)/b16-8-. The Hall–Kier alpha value is -3.22. The zero-order valence-electron chi connectivity index (χ0n) is 11.9. The molecule has 3 aromatic rings. The van der Waals surface area contributed by atoms with Crippen LogP contribution >= 0.6 is 0 Å². The molecule has 2 N–H and O–H groups in total. The predicted octanol–water partition coefficient (Wildman–Crippen LogP) is 1.71. The molecule has 2 aromatic heterocycles. The van der Waals surface area contributed by atoms with Crippen LogP contribution < -0.4 is 11.0 Å². The number of aryl methyl sites for hydroxylation is 1. The first-order valence-corrected chi connectivity index (χ1v) is 6.68. The molecule has 0 saturated heterocycles. The minimum absolute atomic E-state index is 0.220. The smallest absolute Gasteiger partial charge is 0.252 e. The fourth-order valence-electron chi connectivity index (χ4n) is 1.93. The molecule has 0 saturated carbocycles. The van der Waals surface area contributed by atoms with Gasteiger partial charge in [-0.2, -0.15) is 10.2 Å². The van der Waals surface area contributed by atoms with E-state index in [9.17, 15) is 4.79 Å². The van der Waals surface area contributed by atoms with E-state index in [0.29, 0.717) is 11.6 Å². The molecular formula is C15H14N6O. The van der Waals surface area contributed by atoms with Crippen molar-refractivity contribution in [3.05, 3.63) is 70.4 Å². The van der Waals surface area contributed by atoms with Gasteiger partial charge in [0.05, 0.1) is 18.1 Å². The van der Waals surface area contributed by atoms with Crippen molar-refractivity contribution in [3.8, 4) is 5.69 Å². The molecule has 2 heterocycles. The molecule has 0 aliphatic rings. The topological polar surface area (TPSA) is 88.0 Å². The number of nitrogens with zero attached hydrogens (tertiary/aromatic N) is 4. The SMILES string of the molecule is Cc1cc(=O)[nH]c(N/N=C\c2cnn(-c3ccccc3)c2)n1. The summed E-state index contributed by atoms with van der Waals surface area (Å²) < 4.78 is 1.76. The van der Waals surface area contributed by atoms with Crippen molar-refractivity contribution in [2.45, 2.75) is 6.92 Å². The van der Waals surface area contributed by atoms with Crippen LogP contribution in [0.15, 0.2) is 58.7 Å². The van der Waals surface area contributed by atoms with Crippen LogP contribution in [-0.2, 0) is 0 Å². The van der Waals surface area contributed by atoms with Gasteiger partial charge in [0.2, 0.25) is 5.95 Å². The molecule has 0 fully saturated rings. The quantitative estimate of drug-likeness (QED) is 0.566. The summed E-state index contributed by atoms with van der Waals surface area (Å²) in [6.45, 7) is 1.74. The Labute approximate surface area is 126 Å². The third-order valence-corrected chi connectivity index (χ3v) is 2.88. The Balaban J connectivity index is 1.71. The summed E-state index contributed by atoms with van der Waals surface area (Å²) in [4.78, 5) is 18.0. The fourth-order valence-corrected chi connectivity index (χ4v) is 1.93. The normalized spacial score (nSPS) is 11.0. The highest BCUT2D eigenvalue weighted by Crippen LogP contribution is 2.06. The predicted molar refractivity (Wildman–Crippen MR) is 84.4 cm³/mol. The number of nitrogens with one attached hydrogen (secondary N) is 2. The van der Waals surface area contributed by atoms with E-state index in [4.69, 9.17) is 0 Å². The summed E-state index contributed by atoms with van der Waals surface area (Å²) in [5.41, 5.74) is 4.89. The van der Waals surface area contributed by atoms with Crippen molar-refractivity contribution < 1.29 is 0 Å². The van der Waals surface area contributed by atoms with Crippen molar-refractivity contribution in [2.24, 2.45) is 5.10 Å². The summed E-state index contributed by atoms with van der Waals surface area (Å²) >= 11 is 0. The maximum absolute atomic E-state index is 11.3. The molecule has 7 heteroatoms. The van der Waals surface area contributed by atoms with Crippen LogP contribution in [0.3, 0.4) is 0 Å². The number of rotatable bonds is 4. The van der Waals surface area contributed by atoms with Crippen LogP contribution in [0.1, 0.15) is 11.3 Å². The molecule has 0 aliphatic heterocycles. The zero-order chi connectivity index (χ0) is 15.4. The zero-order valence-corrected chi connectivity index (χ0v) is 11.9. The number of aromatic amines is 1. The van der Waals surface area contributed by atoms with Gasteiger partial charge in [0.25, 0.3) is 5.56 Å². The number of para-hydroxylation sites is 1. The van der Waals surface area contributed by atoms with E-state index >= 15 is 0 Å². The van der Waals surface area contributed by atoms with E-state index in [2.05, 4.69) is 25.6 Å². The van der Waals surface area contributed by atoms with E-state index in [0.717, 1.165) is 11.3 Å². The molecule has 0 bridgehead atoms. The minimum Gasteiger partial charge on any atom is -0.291 e. The van der Waals surface area contributed by atoms with Gasteiger partial charge in [0, 0.05) is 23.5 Å². The highest BCUT2D eigenvalue weighted by atomic mass is 16.1. The monoisotopic (exact) mass is 294 g/mol. The largest absolute Gasteiger partial charge is 0.291 e. The van der Waals surface area contributed by atoms with Crippen molar-refractivity contribution in [1.29, 1.82) is 0 Å². The lowest BCUT2D eigenvalue weighted by molar-refractivity contribution is 0.880. The molecule has 7 nitrogen and oxygen atoms in total. The van der Waals surface area contributed by atoms with Crippen LogP contribution in [-0.4, -0.2) is 26.0 Å². The Kier molecular flexibility index (Phi) is 3.78. The molecule has 0 aliphatic carbocycles. The molecule has 0 radical (unpaired) electrons. The number of hydrogen-bond donors (Lipinski definition) is 2. The van der Waals surface area contributed by atoms with Crippen LogP contribution in [0.25, 0.3) is 5.69 Å². The molecule has 0 spiro atoms. The first-order valence-electron chi connectivity index (χ1n) is 6.68. The van der Waals surface area contributed by atoms with E-state index in [1.54, 1.807) is 24.0 Å². The molecule has 0 amide bonds. The lowest BCUT2D eigenvalue weighted by Gasteiger charge is -1.99. The number of aromatic nitrogens is 4. The Morgan fingerprint density at radius 3 is 2.91 bits per heavy atom. The number of H-pyrrole nitrogens is 1. The molecular weight excluding hydrogens is 280 g/mol. The second kappa shape index (κ2) is 6.04. The first-order chi connectivity index (χ1) is 10.7. The Bertz CT molecular complexity index is 850. The number of hydrazone groups is 1. The molecule has 110 valence electrons. The summed E-state index contributed by atoms with van der Waals surface area (Å²) in [5.74, 6) is 0.303. The van der Waals surface area contributed by atoms with Crippen LogP contribution in [0.5, 0.6) is 0 Å². The first kappa shape index (κ1) is 13.7. The maximum Gasteiger partial charge on any atom is 0.252 e. The average molecular weight is 294 g/mol.